The van der Waals surface area contributed by atoms with Crippen molar-refractivity contribution < 1.29 is 0 Å². The maximum absolute atomic E-state index is 9.03. The SMILES string of the molecule is [C-]#[N+]/C(C#N)=c1\ccc2c(c1)Sc1c(ccc(N(C)C)c1N)N=2. The van der Waals surface area contributed by atoms with Gasteiger partial charge in [-0.15, -0.1) is 0 Å². The molecule has 0 saturated carbocycles. The third kappa shape index (κ3) is 2.50. The van der Waals surface area contributed by atoms with Crippen LogP contribution >= 0.6 is 11.8 Å². The van der Waals surface area contributed by atoms with Gasteiger partial charge in [0.1, 0.15) is 0 Å². The van der Waals surface area contributed by atoms with E-state index in [1.807, 2.05) is 49.3 Å². The smallest absolute Gasteiger partial charge is 0.269 e. The van der Waals surface area contributed by atoms with Crippen molar-refractivity contribution >= 4 is 34.5 Å². The lowest BCUT2D eigenvalue weighted by Gasteiger charge is -2.20. The van der Waals surface area contributed by atoms with Crippen LogP contribution in [-0.2, 0) is 0 Å². The molecule has 0 aliphatic carbocycles. The Balaban J connectivity index is 2.23. The molecule has 1 aliphatic heterocycles. The number of benzene rings is 2. The zero-order valence-electron chi connectivity index (χ0n) is 12.7. The summed E-state index contributed by atoms with van der Waals surface area (Å²) in [4.78, 5) is 11.7. The van der Waals surface area contributed by atoms with Gasteiger partial charge in [-0.2, -0.15) is 0 Å². The van der Waals surface area contributed by atoms with Crippen LogP contribution in [0.25, 0.3) is 10.5 Å². The summed E-state index contributed by atoms with van der Waals surface area (Å²) < 4.78 is 0. The quantitative estimate of drug-likeness (QED) is 0.552. The van der Waals surface area contributed by atoms with Gasteiger partial charge in [0.2, 0.25) is 0 Å². The van der Waals surface area contributed by atoms with E-state index in [1.54, 1.807) is 6.07 Å². The third-order valence-corrected chi connectivity index (χ3v) is 4.72. The topological polar surface area (TPSA) is 69.8 Å². The molecule has 2 aromatic carbocycles. The van der Waals surface area contributed by atoms with E-state index in [0.29, 0.717) is 10.9 Å². The lowest BCUT2D eigenvalue weighted by atomic mass is 10.2. The van der Waals surface area contributed by atoms with Crippen molar-refractivity contribution in [2.24, 2.45) is 4.99 Å². The van der Waals surface area contributed by atoms with E-state index in [-0.39, 0.29) is 5.70 Å². The Kier molecular flexibility index (Phi) is 3.69. The van der Waals surface area contributed by atoms with E-state index < -0.39 is 0 Å². The molecule has 0 bridgehead atoms. The second-order valence-electron chi connectivity index (χ2n) is 5.21. The van der Waals surface area contributed by atoms with Crippen molar-refractivity contribution in [3.8, 4) is 6.07 Å². The number of nitriles is 1. The number of anilines is 2. The number of nitrogens with zero attached hydrogens (tertiary/aromatic N) is 4. The van der Waals surface area contributed by atoms with E-state index in [2.05, 4.69) is 9.84 Å². The highest BCUT2D eigenvalue weighted by Gasteiger charge is 2.17. The van der Waals surface area contributed by atoms with Gasteiger partial charge in [0.05, 0.1) is 40.0 Å². The zero-order chi connectivity index (χ0) is 16.6. The van der Waals surface area contributed by atoms with Crippen molar-refractivity contribution in [2.75, 3.05) is 24.7 Å². The van der Waals surface area contributed by atoms with Crippen LogP contribution in [0.4, 0.5) is 17.1 Å². The Labute approximate surface area is 138 Å². The number of rotatable bonds is 1. The second kappa shape index (κ2) is 5.68. The monoisotopic (exact) mass is 319 g/mol. The number of nitrogen functional groups attached to an aromatic ring is 1. The summed E-state index contributed by atoms with van der Waals surface area (Å²) >= 11 is 1.52. The first kappa shape index (κ1) is 15.0. The van der Waals surface area contributed by atoms with Gasteiger partial charge in [0.15, 0.2) is 0 Å². The molecule has 112 valence electrons. The van der Waals surface area contributed by atoms with Crippen molar-refractivity contribution in [1.82, 2.24) is 0 Å². The highest BCUT2D eigenvalue weighted by atomic mass is 32.2. The summed E-state index contributed by atoms with van der Waals surface area (Å²) in [6.07, 6.45) is 0. The van der Waals surface area contributed by atoms with Crippen molar-refractivity contribution in [2.45, 2.75) is 9.79 Å². The second-order valence-corrected chi connectivity index (χ2v) is 6.26. The van der Waals surface area contributed by atoms with Crippen LogP contribution in [0.5, 0.6) is 0 Å². The lowest BCUT2D eigenvalue weighted by molar-refractivity contribution is 1.11. The molecule has 1 aliphatic rings. The van der Waals surface area contributed by atoms with E-state index in [1.165, 1.54) is 11.8 Å². The number of hydrogen-bond donors (Lipinski definition) is 1. The molecule has 1 heterocycles. The summed E-state index contributed by atoms with van der Waals surface area (Å²) in [7, 11) is 3.89. The Bertz CT molecular complexity index is 993. The lowest BCUT2D eigenvalue weighted by Crippen LogP contribution is -2.16. The molecule has 5 nitrogen and oxygen atoms in total. The van der Waals surface area contributed by atoms with Crippen LogP contribution in [-0.4, -0.2) is 14.1 Å². The van der Waals surface area contributed by atoms with E-state index in [9.17, 15) is 0 Å². The third-order valence-electron chi connectivity index (χ3n) is 3.54. The van der Waals surface area contributed by atoms with Crippen molar-refractivity contribution in [1.29, 1.82) is 5.26 Å². The maximum atomic E-state index is 9.03. The van der Waals surface area contributed by atoms with E-state index in [0.717, 1.165) is 26.5 Å². The van der Waals surface area contributed by atoms with E-state index in [4.69, 9.17) is 17.6 Å². The minimum atomic E-state index is 0.0780. The molecular weight excluding hydrogens is 306 g/mol. The molecule has 23 heavy (non-hydrogen) atoms. The van der Waals surface area contributed by atoms with Crippen molar-refractivity contribution in [3.63, 3.8) is 0 Å². The van der Waals surface area contributed by atoms with Gasteiger partial charge in [-0.1, -0.05) is 17.8 Å². The molecular formula is C17H13N5S. The highest BCUT2D eigenvalue weighted by Crippen LogP contribution is 2.44. The molecule has 0 amide bonds. The molecule has 0 saturated heterocycles. The normalized spacial score (nSPS) is 12.9. The molecule has 0 radical (unpaired) electrons. The summed E-state index contributed by atoms with van der Waals surface area (Å²) in [5, 5.41) is 10.5. The molecule has 2 N–H and O–H groups in total. The molecule has 0 fully saturated rings. The number of hydrogen-bond acceptors (Lipinski definition) is 5. The molecule has 0 unspecified atom stereocenters. The molecule has 0 atom stereocenters. The largest absolute Gasteiger partial charge is 0.396 e. The number of fused-ring (bicyclic) bond motifs is 2. The highest BCUT2D eigenvalue weighted by molar-refractivity contribution is 7.99. The fourth-order valence-corrected chi connectivity index (χ4v) is 3.45. The molecule has 3 rings (SSSR count). The average molecular weight is 319 g/mol. The summed E-state index contributed by atoms with van der Waals surface area (Å²) in [5.41, 5.74) is 8.83. The van der Waals surface area contributed by atoms with Gasteiger partial charge in [-0.25, -0.2) is 15.1 Å². The summed E-state index contributed by atoms with van der Waals surface area (Å²) in [6.45, 7) is 7.07. The number of nitrogens with two attached hydrogens (primary N) is 1. The van der Waals surface area contributed by atoms with Gasteiger partial charge in [-0.05, 0) is 29.5 Å². The Morgan fingerprint density at radius 3 is 2.78 bits per heavy atom. The zero-order valence-corrected chi connectivity index (χ0v) is 13.5. The van der Waals surface area contributed by atoms with Gasteiger partial charge >= 0.3 is 0 Å². The fraction of sp³-hybridized carbons (Fsp3) is 0.118. The molecule has 2 aromatic rings. The van der Waals surface area contributed by atoms with Crippen LogP contribution in [0.3, 0.4) is 0 Å². The fourth-order valence-electron chi connectivity index (χ4n) is 2.39. The maximum Gasteiger partial charge on any atom is 0.269 e. The standard InChI is InChI=1S/C17H13N5S/c1-20-13(9-18)10-4-5-11-15(8-10)23-17-12(21-11)6-7-14(16(17)19)22(2)3/h4-8H,19H2,2-3H3/b13-10+. The van der Waals surface area contributed by atoms with E-state index >= 15 is 0 Å². The van der Waals surface area contributed by atoms with Crippen molar-refractivity contribution in [3.05, 3.63) is 52.3 Å². The Morgan fingerprint density at radius 2 is 2.13 bits per heavy atom. The molecule has 0 spiro atoms. The van der Waals surface area contributed by atoms with Crippen LogP contribution in [0.15, 0.2) is 45.1 Å². The summed E-state index contributed by atoms with van der Waals surface area (Å²) in [6, 6.07) is 11.2. The average Bonchev–Trinajstić information content (AvgIpc) is 2.54. The summed E-state index contributed by atoms with van der Waals surface area (Å²) in [5.74, 6) is 0. The first-order valence-corrected chi connectivity index (χ1v) is 7.65. The van der Waals surface area contributed by atoms with Crippen LogP contribution in [0.1, 0.15) is 0 Å². The predicted molar refractivity (Wildman–Crippen MR) is 91.8 cm³/mol. The molecule has 6 heteroatoms. The first-order valence-electron chi connectivity index (χ1n) is 6.83. The van der Waals surface area contributed by atoms with Gasteiger partial charge in [-0.3, -0.25) is 0 Å². The predicted octanol–water partition coefficient (Wildman–Crippen LogP) is 2.30. The minimum absolute atomic E-state index is 0.0780. The van der Waals surface area contributed by atoms with Gasteiger partial charge in [0.25, 0.3) is 5.70 Å². The van der Waals surface area contributed by atoms with Crippen LogP contribution in [0.2, 0.25) is 0 Å². The Morgan fingerprint density at radius 1 is 1.35 bits per heavy atom. The minimum Gasteiger partial charge on any atom is -0.396 e. The van der Waals surface area contributed by atoms with Crippen LogP contribution < -0.4 is 21.2 Å². The molecule has 0 aromatic heterocycles. The van der Waals surface area contributed by atoms with Gasteiger partial charge in [0, 0.05) is 19.0 Å². The Hall–Kier alpha value is -2.96. The first-order chi connectivity index (χ1) is 11.0. The van der Waals surface area contributed by atoms with Crippen LogP contribution in [0, 0.1) is 17.9 Å². The van der Waals surface area contributed by atoms with Gasteiger partial charge < -0.3 is 10.6 Å².